The summed E-state index contributed by atoms with van der Waals surface area (Å²) in [6, 6.07) is 3.62. The first-order valence-electron chi connectivity index (χ1n) is 16.8. The molecular formula is C34H54N4O11. The van der Waals surface area contributed by atoms with E-state index in [2.05, 4.69) is 34.5 Å². The van der Waals surface area contributed by atoms with Crippen molar-refractivity contribution in [2.24, 2.45) is 11.1 Å². The molecule has 2 aliphatic rings. The van der Waals surface area contributed by atoms with E-state index in [1.165, 1.54) is 30.2 Å². The minimum absolute atomic E-state index is 0.00330. The molecule has 49 heavy (non-hydrogen) atoms. The maximum atomic E-state index is 12.8. The van der Waals surface area contributed by atoms with Crippen molar-refractivity contribution >= 4 is 29.6 Å². The fourth-order valence-electron chi connectivity index (χ4n) is 4.96. The summed E-state index contributed by atoms with van der Waals surface area (Å²) in [5, 5.41) is 46.6. The number of anilines is 1. The van der Waals surface area contributed by atoms with Crippen molar-refractivity contribution in [3.8, 4) is 5.75 Å². The molecule has 1 aliphatic carbocycles. The molecule has 4 unspecified atom stereocenters. The Morgan fingerprint density at radius 1 is 1.06 bits per heavy atom. The van der Waals surface area contributed by atoms with Gasteiger partial charge in [0.05, 0.1) is 24.4 Å². The Kier molecular flexibility index (Phi) is 17.3. The molecular weight excluding hydrogens is 640 g/mol. The van der Waals surface area contributed by atoms with Crippen LogP contribution < -0.4 is 26.4 Å². The molecule has 4 atom stereocenters. The molecule has 1 aromatic rings. The highest BCUT2D eigenvalue weighted by atomic mass is 16.7. The number of carbonyl (C=O) groups is 4. The molecule has 1 aromatic carbocycles. The Morgan fingerprint density at radius 2 is 1.76 bits per heavy atom. The van der Waals surface area contributed by atoms with Crippen LogP contribution in [-0.2, 0) is 30.5 Å². The Bertz CT molecular complexity index is 1280. The third kappa shape index (κ3) is 15.0. The first-order chi connectivity index (χ1) is 23.2. The van der Waals surface area contributed by atoms with Gasteiger partial charge in [-0.1, -0.05) is 40.2 Å². The van der Waals surface area contributed by atoms with Gasteiger partial charge in [-0.3, -0.25) is 9.59 Å². The van der Waals surface area contributed by atoms with E-state index in [0.29, 0.717) is 24.9 Å². The number of benzene rings is 1. The van der Waals surface area contributed by atoms with Crippen LogP contribution >= 0.6 is 0 Å². The number of allylic oxidation sites excluding steroid dienone is 1. The number of rotatable bonds is 18. The van der Waals surface area contributed by atoms with Crippen LogP contribution in [0.2, 0.25) is 0 Å². The van der Waals surface area contributed by atoms with Gasteiger partial charge >= 0.3 is 12.1 Å². The smallest absolute Gasteiger partial charge is 0.479 e. The Balaban J connectivity index is 0.00000267. The SMILES string of the molecule is CC(C)(CO)C(NCCCCC(N)C(=O)NCCC(=O)Nc1cc(COC(=O)O)ccc1OC1CC(O)CC(C(=O)O)O1)=C1CC1.CCC. The summed E-state index contributed by atoms with van der Waals surface area (Å²) in [5.41, 5.74) is 8.70. The van der Waals surface area contributed by atoms with E-state index < -0.39 is 42.6 Å². The minimum Gasteiger partial charge on any atom is -0.479 e. The molecule has 2 fully saturated rings. The summed E-state index contributed by atoms with van der Waals surface area (Å²) in [4.78, 5) is 47.5. The van der Waals surface area contributed by atoms with Crippen molar-refractivity contribution in [1.29, 1.82) is 0 Å². The molecule has 0 bridgehead atoms. The van der Waals surface area contributed by atoms with E-state index in [1.54, 1.807) is 0 Å². The number of carboxylic acid groups (broad SMARTS) is 2. The van der Waals surface area contributed by atoms with Crippen LogP contribution in [0.25, 0.3) is 0 Å². The lowest BCUT2D eigenvalue weighted by Crippen LogP contribution is -2.42. The summed E-state index contributed by atoms with van der Waals surface area (Å²) < 4.78 is 15.8. The van der Waals surface area contributed by atoms with Gasteiger partial charge in [0.25, 0.3) is 0 Å². The van der Waals surface area contributed by atoms with Gasteiger partial charge in [-0.15, -0.1) is 0 Å². The van der Waals surface area contributed by atoms with Gasteiger partial charge in [-0.2, -0.15) is 0 Å². The Labute approximate surface area is 287 Å². The quantitative estimate of drug-likeness (QED) is 0.0815. The highest BCUT2D eigenvalue weighted by Crippen LogP contribution is 2.38. The summed E-state index contributed by atoms with van der Waals surface area (Å²) in [7, 11) is 0. The number of amides is 2. The average Bonchev–Trinajstić information content (AvgIpc) is 3.87. The van der Waals surface area contributed by atoms with Crippen LogP contribution in [0, 0.1) is 5.41 Å². The van der Waals surface area contributed by atoms with Crippen molar-refractivity contribution in [2.75, 3.05) is 25.0 Å². The summed E-state index contributed by atoms with van der Waals surface area (Å²) >= 11 is 0. The topological polar surface area (TPSA) is 239 Å². The monoisotopic (exact) mass is 694 g/mol. The second-order valence-corrected chi connectivity index (χ2v) is 12.9. The third-order valence-electron chi connectivity index (χ3n) is 7.64. The first kappa shape index (κ1) is 41.3. The molecule has 9 N–H and O–H groups in total. The van der Waals surface area contributed by atoms with Crippen LogP contribution in [0.1, 0.15) is 91.0 Å². The lowest BCUT2D eigenvalue weighted by Gasteiger charge is -2.31. The van der Waals surface area contributed by atoms with Crippen molar-refractivity contribution in [3.63, 3.8) is 0 Å². The molecule has 1 aliphatic heterocycles. The predicted molar refractivity (Wildman–Crippen MR) is 181 cm³/mol. The molecule has 15 heteroatoms. The zero-order valence-corrected chi connectivity index (χ0v) is 29.0. The summed E-state index contributed by atoms with van der Waals surface area (Å²) in [6.45, 7) is 8.71. The number of hydrogen-bond acceptors (Lipinski definition) is 11. The average molecular weight is 695 g/mol. The molecule has 1 saturated carbocycles. The molecule has 0 aromatic heterocycles. The number of carboxylic acids is 1. The number of hydrogen-bond donors (Lipinski definition) is 8. The maximum absolute atomic E-state index is 12.8. The van der Waals surface area contributed by atoms with Gasteiger partial charge < -0.3 is 56.3 Å². The van der Waals surface area contributed by atoms with Gasteiger partial charge in [0.1, 0.15) is 12.4 Å². The van der Waals surface area contributed by atoms with Gasteiger partial charge in [0.2, 0.25) is 18.1 Å². The van der Waals surface area contributed by atoms with Crippen molar-refractivity contribution < 1.29 is 53.8 Å². The highest BCUT2D eigenvalue weighted by Gasteiger charge is 2.34. The Morgan fingerprint density at radius 3 is 2.37 bits per heavy atom. The number of aliphatic hydroxyl groups excluding tert-OH is 2. The fraction of sp³-hybridized carbons (Fsp3) is 0.647. The van der Waals surface area contributed by atoms with Crippen molar-refractivity contribution in [2.45, 2.75) is 117 Å². The summed E-state index contributed by atoms with van der Waals surface area (Å²) in [5.74, 6) is -2.04. The highest BCUT2D eigenvalue weighted by molar-refractivity contribution is 5.93. The van der Waals surface area contributed by atoms with Crippen molar-refractivity contribution in [1.82, 2.24) is 10.6 Å². The number of unbranched alkanes of at least 4 members (excludes halogenated alkanes) is 1. The van der Waals surface area contributed by atoms with Crippen LogP contribution in [-0.4, -0.2) is 88.6 Å². The number of aliphatic hydroxyl groups is 2. The second-order valence-electron chi connectivity index (χ2n) is 12.9. The third-order valence-corrected chi connectivity index (χ3v) is 7.64. The van der Waals surface area contributed by atoms with E-state index in [1.807, 2.05) is 13.8 Å². The van der Waals surface area contributed by atoms with Gasteiger partial charge in [0, 0.05) is 43.5 Å². The lowest BCUT2D eigenvalue weighted by molar-refractivity contribution is -0.195. The maximum Gasteiger partial charge on any atom is 0.506 e. The molecule has 2 amide bonds. The fourth-order valence-corrected chi connectivity index (χ4v) is 4.96. The van der Waals surface area contributed by atoms with E-state index in [9.17, 15) is 34.5 Å². The molecule has 3 rings (SSSR count). The van der Waals surface area contributed by atoms with Crippen LogP contribution in [0.5, 0.6) is 5.75 Å². The number of nitrogens with one attached hydrogen (secondary N) is 3. The largest absolute Gasteiger partial charge is 0.506 e. The zero-order valence-electron chi connectivity index (χ0n) is 29.0. The van der Waals surface area contributed by atoms with Gasteiger partial charge in [-0.25, -0.2) is 9.59 Å². The summed E-state index contributed by atoms with van der Waals surface area (Å²) in [6.07, 6.45) is 0.237. The number of ether oxygens (including phenoxy) is 3. The molecule has 276 valence electrons. The second kappa shape index (κ2) is 20.6. The Hall–Kier alpha value is -3.92. The number of nitrogens with two attached hydrogens (primary N) is 1. The lowest BCUT2D eigenvalue weighted by atomic mass is 9.89. The normalized spacial score (nSPS) is 19.0. The van der Waals surface area contributed by atoms with Gasteiger partial charge in [-0.05, 0) is 55.4 Å². The first-order valence-corrected chi connectivity index (χ1v) is 16.8. The van der Waals surface area contributed by atoms with Crippen LogP contribution in [0.3, 0.4) is 0 Å². The van der Waals surface area contributed by atoms with E-state index in [0.717, 1.165) is 25.0 Å². The zero-order chi connectivity index (χ0) is 36.6. The number of aliphatic carboxylic acids is 1. The number of carbonyl (C=O) groups excluding carboxylic acids is 2. The van der Waals surface area contributed by atoms with Gasteiger partial charge in [0.15, 0.2) is 6.10 Å². The minimum atomic E-state index is -1.48. The molecule has 1 saturated heterocycles. The molecule has 0 radical (unpaired) electrons. The van der Waals surface area contributed by atoms with E-state index in [4.69, 9.17) is 20.3 Å². The van der Waals surface area contributed by atoms with Crippen molar-refractivity contribution in [3.05, 3.63) is 35.0 Å². The van der Waals surface area contributed by atoms with Crippen LogP contribution in [0.15, 0.2) is 29.5 Å². The predicted octanol–water partition coefficient (Wildman–Crippen LogP) is 3.23. The molecule has 15 nitrogen and oxygen atoms in total. The standard InChI is InChI=1S/C31H46N4O11.C3H8/c1-31(2,17-36)27(19-7-8-19)33-11-4-3-5-21(32)28(39)34-12-10-25(38)35-22-13-18(16-44-30(42)43)6-9-23(22)45-26-15-20(37)14-24(46-26)29(40)41;1-3-2/h6,9,13,20-21,24,26,33,36-37H,3-5,7-8,10-12,14-17,32H2,1-2H3,(H,34,39)(H,35,38)(H,40,41)(H,42,43);3H2,1-2H3. The van der Waals surface area contributed by atoms with Crippen LogP contribution in [0.4, 0.5) is 10.5 Å². The van der Waals surface area contributed by atoms with E-state index >= 15 is 0 Å². The van der Waals surface area contributed by atoms with E-state index in [-0.39, 0.29) is 61.8 Å². The molecule has 0 spiro atoms. The molecule has 1 heterocycles.